The first-order valence-corrected chi connectivity index (χ1v) is 6.14. The number of hydrogen-bond acceptors (Lipinski definition) is 3. The molecule has 0 heterocycles. The minimum absolute atomic E-state index is 0.223. The van der Waals surface area contributed by atoms with Crippen molar-refractivity contribution in [1.82, 2.24) is 0 Å². The van der Waals surface area contributed by atoms with E-state index in [2.05, 4.69) is 5.32 Å². The lowest BCUT2D eigenvalue weighted by Crippen LogP contribution is -2.29. The first-order valence-electron chi connectivity index (χ1n) is 5.38. The number of nitrogens with one attached hydrogen (secondary N) is 1. The molecule has 18 heavy (non-hydrogen) atoms. The van der Waals surface area contributed by atoms with Crippen LogP contribution in [0.15, 0.2) is 18.2 Å². The molecule has 0 aliphatic rings. The lowest BCUT2D eigenvalue weighted by Gasteiger charge is -2.13. The summed E-state index contributed by atoms with van der Waals surface area (Å²) in [5.74, 6) is -0.864. The molecule has 6 heteroatoms. The van der Waals surface area contributed by atoms with Crippen LogP contribution in [0, 0.1) is 0 Å². The van der Waals surface area contributed by atoms with Crippen molar-refractivity contribution in [2.45, 2.75) is 26.4 Å². The number of esters is 1. The zero-order chi connectivity index (χ0) is 13.7. The van der Waals surface area contributed by atoms with Crippen molar-refractivity contribution in [1.29, 1.82) is 0 Å². The van der Waals surface area contributed by atoms with Crippen LogP contribution in [0.5, 0.6) is 0 Å². The van der Waals surface area contributed by atoms with Crippen LogP contribution >= 0.6 is 23.2 Å². The van der Waals surface area contributed by atoms with Gasteiger partial charge in [0.05, 0.1) is 0 Å². The van der Waals surface area contributed by atoms with E-state index in [1.807, 2.05) is 0 Å². The van der Waals surface area contributed by atoms with Crippen molar-refractivity contribution in [3.05, 3.63) is 28.2 Å². The topological polar surface area (TPSA) is 55.4 Å². The van der Waals surface area contributed by atoms with E-state index in [1.54, 1.807) is 25.1 Å². The van der Waals surface area contributed by atoms with Crippen molar-refractivity contribution in [3.8, 4) is 0 Å². The van der Waals surface area contributed by atoms with Crippen LogP contribution in [0.1, 0.15) is 20.3 Å². The molecule has 1 rings (SSSR count). The minimum atomic E-state index is -0.866. The van der Waals surface area contributed by atoms with Crippen LogP contribution in [0.3, 0.4) is 0 Å². The number of halogens is 2. The predicted molar refractivity (Wildman–Crippen MR) is 70.9 cm³/mol. The quantitative estimate of drug-likeness (QED) is 0.866. The second-order valence-corrected chi connectivity index (χ2v) is 4.51. The van der Waals surface area contributed by atoms with E-state index >= 15 is 0 Å². The molecule has 0 aromatic heterocycles. The Morgan fingerprint density at radius 1 is 1.28 bits per heavy atom. The fourth-order valence-electron chi connectivity index (χ4n) is 1.20. The second kappa shape index (κ2) is 6.61. The normalized spacial score (nSPS) is 11.8. The largest absolute Gasteiger partial charge is 0.453 e. The van der Waals surface area contributed by atoms with Gasteiger partial charge < -0.3 is 10.1 Å². The van der Waals surface area contributed by atoms with Gasteiger partial charge >= 0.3 is 5.97 Å². The van der Waals surface area contributed by atoms with E-state index in [0.717, 1.165) is 0 Å². The molecule has 0 aliphatic heterocycles. The van der Waals surface area contributed by atoms with Crippen LogP contribution in [0.25, 0.3) is 0 Å². The summed E-state index contributed by atoms with van der Waals surface area (Å²) in [4.78, 5) is 22.8. The van der Waals surface area contributed by atoms with Gasteiger partial charge in [-0.3, -0.25) is 9.59 Å². The van der Waals surface area contributed by atoms with Crippen LogP contribution < -0.4 is 5.32 Å². The molecule has 0 spiro atoms. The van der Waals surface area contributed by atoms with Crippen LogP contribution in [-0.4, -0.2) is 18.0 Å². The molecule has 1 atom stereocenters. The molecule has 0 saturated carbocycles. The third kappa shape index (κ3) is 4.55. The standard InChI is InChI=1S/C12H13Cl2NO3/c1-3-11(16)18-7(2)12(17)15-10-5-8(13)4-9(14)6-10/h4-7H,3H2,1-2H3,(H,15,17)/t7-/m1/s1. The van der Waals surface area contributed by atoms with E-state index in [1.165, 1.54) is 6.92 Å². The molecule has 0 fully saturated rings. The molecule has 1 aromatic rings. The van der Waals surface area contributed by atoms with Gasteiger partial charge in [0, 0.05) is 22.2 Å². The van der Waals surface area contributed by atoms with E-state index in [-0.39, 0.29) is 6.42 Å². The first kappa shape index (κ1) is 14.8. The van der Waals surface area contributed by atoms with E-state index in [4.69, 9.17) is 27.9 Å². The maximum absolute atomic E-state index is 11.7. The highest BCUT2D eigenvalue weighted by atomic mass is 35.5. The Balaban J connectivity index is 2.66. The molecule has 0 aliphatic carbocycles. The van der Waals surface area contributed by atoms with Crippen LogP contribution in [-0.2, 0) is 14.3 Å². The zero-order valence-corrected chi connectivity index (χ0v) is 11.5. The zero-order valence-electron chi connectivity index (χ0n) is 10.00. The summed E-state index contributed by atoms with van der Waals surface area (Å²) in [7, 11) is 0. The van der Waals surface area contributed by atoms with Crippen molar-refractivity contribution in [2.24, 2.45) is 0 Å². The lowest BCUT2D eigenvalue weighted by atomic mass is 10.3. The SMILES string of the molecule is CCC(=O)O[C@H](C)C(=O)Nc1cc(Cl)cc(Cl)c1. The molecular formula is C12H13Cl2NO3. The van der Waals surface area contributed by atoms with Crippen molar-refractivity contribution in [2.75, 3.05) is 5.32 Å². The molecule has 0 radical (unpaired) electrons. The third-order valence-corrected chi connectivity index (χ3v) is 2.53. The summed E-state index contributed by atoms with van der Waals surface area (Å²) in [6.45, 7) is 3.15. The molecule has 1 N–H and O–H groups in total. The fourth-order valence-corrected chi connectivity index (χ4v) is 1.73. The molecule has 0 saturated heterocycles. The number of carbonyl (C=O) groups excluding carboxylic acids is 2. The third-order valence-electron chi connectivity index (χ3n) is 2.10. The number of rotatable bonds is 4. The smallest absolute Gasteiger partial charge is 0.306 e. The Bertz CT molecular complexity index is 442. The predicted octanol–water partition coefficient (Wildman–Crippen LogP) is 3.27. The lowest BCUT2D eigenvalue weighted by molar-refractivity contribution is -0.152. The Labute approximate surface area is 115 Å². The number of hydrogen-bond donors (Lipinski definition) is 1. The van der Waals surface area contributed by atoms with Gasteiger partial charge in [-0.2, -0.15) is 0 Å². The summed E-state index contributed by atoms with van der Waals surface area (Å²) < 4.78 is 4.88. The van der Waals surface area contributed by atoms with Crippen LogP contribution in [0.2, 0.25) is 10.0 Å². The second-order valence-electron chi connectivity index (χ2n) is 3.63. The average Bonchev–Trinajstić information content (AvgIpc) is 2.27. The summed E-state index contributed by atoms with van der Waals surface area (Å²) in [5.41, 5.74) is 0.455. The highest BCUT2D eigenvalue weighted by Crippen LogP contribution is 2.22. The fraction of sp³-hybridized carbons (Fsp3) is 0.333. The maximum Gasteiger partial charge on any atom is 0.306 e. The van der Waals surface area contributed by atoms with Gasteiger partial charge in [-0.25, -0.2) is 0 Å². The van der Waals surface area contributed by atoms with Crippen molar-refractivity contribution in [3.63, 3.8) is 0 Å². The highest BCUT2D eigenvalue weighted by Gasteiger charge is 2.17. The monoisotopic (exact) mass is 289 g/mol. The number of benzene rings is 1. The summed E-state index contributed by atoms with van der Waals surface area (Å²) in [6.07, 6.45) is -0.643. The summed E-state index contributed by atoms with van der Waals surface area (Å²) in [6, 6.07) is 4.67. The van der Waals surface area contributed by atoms with Crippen molar-refractivity contribution >= 4 is 40.8 Å². The molecule has 1 aromatic carbocycles. The summed E-state index contributed by atoms with van der Waals surface area (Å²) >= 11 is 11.6. The number of ether oxygens (including phenoxy) is 1. The Kier molecular flexibility index (Phi) is 5.44. The van der Waals surface area contributed by atoms with Gasteiger partial charge in [0.2, 0.25) is 0 Å². The average molecular weight is 290 g/mol. The van der Waals surface area contributed by atoms with Crippen LogP contribution in [0.4, 0.5) is 5.69 Å². The van der Waals surface area contributed by atoms with Crippen molar-refractivity contribution < 1.29 is 14.3 Å². The number of anilines is 1. The van der Waals surface area contributed by atoms with E-state index in [9.17, 15) is 9.59 Å². The number of carbonyl (C=O) groups is 2. The van der Waals surface area contributed by atoms with Gasteiger partial charge in [0.25, 0.3) is 5.91 Å². The maximum atomic E-state index is 11.7. The molecule has 4 nitrogen and oxygen atoms in total. The molecule has 0 bridgehead atoms. The van der Waals surface area contributed by atoms with E-state index < -0.39 is 18.0 Å². The molecule has 0 unspecified atom stereocenters. The Morgan fingerprint density at radius 2 is 1.83 bits per heavy atom. The molecular weight excluding hydrogens is 277 g/mol. The minimum Gasteiger partial charge on any atom is -0.453 e. The van der Waals surface area contributed by atoms with E-state index in [0.29, 0.717) is 15.7 Å². The van der Waals surface area contributed by atoms with Gasteiger partial charge in [-0.15, -0.1) is 0 Å². The Morgan fingerprint density at radius 3 is 2.33 bits per heavy atom. The molecule has 1 amide bonds. The van der Waals surface area contributed by atoms with Gasteiger partial charge in [0.15, 0.2) is 6.10 Å². The first-order chi connectivity index (χ1) is 8.42. The molecule has 98 valence electrons. The summed E-state index contributed by atoms with van der Waals surface area (Å²) in [5, 5.41) is 3.39. The highest BCUT2D eigenvalue weighted by molar-refractivity contribution is 6.35. The number of amides is 1. The van der Waals surface area contributed by atoms with Gasteiger partial charge in [-0.05, 0) is 25.1 Å². The van der Waals surface area contributed by atoms with Gasteiger partial charge in [0.1, 0.15) is 0 Å². The van der Waals surface area contributed by atoms with Gasteiger partial charge in [-0.1, -0.05) is 30.1 Å². The Hall–Kier alpha value is -1.26.